The van der Waals surface area contributed by atoms with Crippen molar-refractivity contribution in [1.82, 2.24) is 4.90 Å². The largest absolute Gasteiger partial charge is 0.485 e. The number of nitrogens with zero attached hydrogens (tertiary/aromatic N) is 1. The summed E-state index contributed by atoms with van der Waals surface area (Å²) in [7, 11) is 3.91. The van der Waals surface area contributed by atoms with Crippen LogP contribution >= 0.6 is 0 Å². The van der Waals surface area contributed by atoms with Crippen LogP contribution in [0.3, 0.4) is 0 Å². The Balaban J connectivity index is 1.66. The molecule has 3 rings (SSSR count). The molecule has 1 aliphatic heterocycles. The van der Waals surface area contributed by atoms with Crippen molar-refractivity contribution in [2.24, 2.45) is 0 Å². The topological polar surface area (TPSA) is 38.8 Å². The second-order valence-electron chi connectivity index (χ2n) is 6.25. The number of ether oxygens (including phenoxy) is 2. The Hall–Kier alpha value is -2.33. The van der Waals surface area contributed by atoms with E-state index in [0.29, 0.717) is 19.4 Å². The van der Waals surface area contributed by atoms with Gasteiger partial charge in [0.2, 0.25) is 0 Å². The van der Waals surface area contributed by atoms with Crippen molar-refractivity contribution >= 4 is 5.97 Å². The van der Waals surface area contributed by atoms with Crippen LogP contribution in [0.4, 0.5) is 0 Å². The van der Waals surface area contributed by atoms with Crippen LogP contribution in [0.15, 0.2) is 48.5 Å². The Bertz CT molecular complexity index is 712. The fourth-order valence-electron chi connectivity index (χ4n) is 2.91. The first-order valence-corrected chi connectivity index (χ1v) is 8.30. The van der Waals surface area contributed by atoms with Gasteiger partial charge in [0.1, 0.15) is 18.5 Å². The zero-order valence-corrected chi connectivity index (χ0v) is 14.2. The summed E-state index contributed by atoms with van der Waals surface area (Å²) in [4.78, 5) is 13.9. The highest BCUT2D eigenvalue weighted by atomic mass is 16.5. The molecule has 0 aliphatic carbocycles. The van der Waals surface area contributed by atoms with E-state index in [0.717, 1.165) is 23.4 Å². The minimum absolute atomic E-state index is 0.113. The summed E-state index contributed by atoms with van der Waals surface area (Å²) in [5, 5.41) is 0. The van der Waals surface area contributed by atoms with Crippen molar-refractivity contribution in [1.29, 1.82) is 0 Å². The van der Waals surface area contributed by atoms with Crippen molar-refractivity contribution in [2.75, 3.05) is 27.2 Å². The van der Waals surface area contributed by atoms with Gasteiger partial charge >= 0.3 is 5.97 Å². The Kier molecular flexibility index (Phi) is 5.16. The molecular weight excluding hydrogens is 302 g/mol. The number of benzene rings is 2. The molecule has 4 nitrogen and oxygen atoms in total. The van der Waals surface area contributed by atoms with Crippen LogP contribution in [0.5, 0.6) is 5.75 Å². The molecular formula is C20H23NO3. The minimum Gasteiger partial charge on any atom is -0.485 e. The predicted octanol–water partition coefficient (Wildman–Crippen LogP) is 3.67. The fraction of sp³-hybridized carbons (Fsp3) is 0.350. The first-order chi connectivity index (χ1) is 11.6. The molecule has 0 fully saturated rings. The third-order valence-electron chi connectivity index (χ3n) is 4.17. The maximum absolute atomic E-state index is 11.9. The Morgan fingerprint density at radius 1 is 1.08 bits per heavy atom. The number of hydrogen-bond donors (Lipinski definition) is 0. The first kappa shape index (κ1) is 16.5. The third kappa shape index (κ3) is 3.77. The molecule has 0 N–H and O–H groups in total. The van der Waals surface area contributed by atoms with Gasteiger partial charge in [-0.3, -0.25) is 4.79 Å². The van der Waals surface area contributed by atoms with Crippen molar-refractivity contribution < 1.29 is 14.3 Å². The van der Waals surface area contributed by atoms with E-state index < -0.39 is 0 Å². The van der Waals surface area contributed by atoms with Gasteiger partial charge in [0.25, 0.3) is 0 Å². The summed E-state index contributed by atoms with van der Waals surface area (Å²) < 4.78 is 11.4. The summed E-state index contributed by atoms with van der Waals surface area (Å²) in [6, 6.07) is 16.3. The number of fused-ring (bicyclic) bond motifs is 3. The van der Waals surface area contributed by atoms with Gasteiger partial charge in [0.05, 0.1) is 0 Å². The van der Waals surface area contributed by atoms with Crippen molar-refractivity contribution in [3.8, 4) is 16.9 Å². The fourth-order valence-corrected chi connectivity index (χ4v) is 2.91. The van der Waals surface area contributed by atoms with Gasteiger partial charge in [0, 0.05) is 24.1 Å². The molecule has 0 amide bonds. The number of rotatable bonds is 6. The van der Waals surface area contributed by atoms with Crippen molar-refractivity contribution in [3.05, 3.63) is 54.1 Å². The molecule has 24 heavy (non-hydrogen) atoms. The number of likely N-dealkylation sites (N-methyl/N-ethyl adjacent to an activating group) is 1. The molecule has 0 aromatic heterocycles. The van der Waals surface area contributed by atoms with Crippen LogP contribution < -0.4 is 4.74 Å². The van der Waals surface area contributed by atoms with E-state index in [1.54, 1.807) is 0 Å². The molecule has 1 heterocycles. The van der Waals surface area contributed by atoms with Gasteiger partial charge in [-0.15, -0.1) is 0 Å². The molecule has 2 aromatic carbocycles. The van der Waals surface area contributed by atoms with E-state index in [9.17, 15) is 4.79 Å². The Labute approximate surface area is 143 Å². The first-order valence-electron chi connectivity index (χ1n) is 8.30. The van der Waals surface area contributed by atoms with Crippen LogP contribution in [-0.4, -0.2) is 38.1 Å². The molecule has 1 unspecified atom stereocenters. The van der Waals surface area contributed by atoms with E-state index in [4.69, 9.17) is 9.47 Å². The van der Waals surface area contributed by atoms with Crippen molar-refractivity contribution in [3.63, 3.8) is 0 Å². The normalized spacial score (nSPS) is 15.4. The third-order valence-corrected chi connectivity index (χ3v) is 4.17. The zero-order chi connectivity index (χ0) is 16.9. The van der Waals surface area contributed by atoms with Crippen LogP contribution in [0, 0.1) is 0 Å². The van der Waals surface area contributed by atoms with Gasteiger partial charge in [-0.2, -0.15) is 0 Å². The van der Waals surface area contributed by atoms with E-state index >= 15 is 0 Å². The van der Waals surface area contributed by atoms with Crippen LogP contribution in [0.1, 0.15) is 24.5 Å². The SMILES string of the molecule is CN(C)CCOC(=O)CCC1Oc2ccccc2-c2ccccc21. The Morgan fingerprint density at radius 3 is 2.58 bits per heavy atom. The zero-order valence-electron chi connectivity index (χ0n) is 14.2. The van der Waals surface area contributed by atoms with Gasteiger partial charge in [-0.05, 0) is 32.1 Å². The summed E-state index contributed by atoms with van der Waals surface area (Å²) in [6.45, 7) is 1.17. The number of para-hydroxylation sites is 1. The molecule has 0 saturated carbocycles. The lowest BCUT2D eigenvalue weighted by molar-refractivity contribution is -0.144. The highest BCUT2D eigenvalue weighted by Gasteiger charge is 2.25. The van der Waals surface area contributed by atoms with Crippen LogP contribution in [0.25, 0.3) is 11.1 Å². The maximum Gasteiger partial charge on any atom is 0.305 e. The monoisotopic (exact) mass is 325 g/mol. The van der Waals surface area contributed by atoms with E-state index in [2.05, 4.69) is 18.2 Å². The van der Waals surface area contributed by atoms with Gasteiger partial charge in [-0.1, -0.05) is 42.5 Å². The smallest absolute Gasteiger partial charge is 0.305 e. The molecule has 126 valence electrons. The predicted molar refractivity (Wildman–Crippen MR) is 94.0 cm³/mol. The summed E-state index contributed by atoms with van der Waals surface area (Å²) >= 11 is 0. The highest BCUT2D eigenvalue weighted by Crippen LogP contribution is 2.43. The van der Waals surface area contributed by atoms with E-state index in [1.165, 1.54) is 5.56 Å². The van der Waals surface area contributed by atoms with Crippen LogP contribution in [0.2, 0.25) is 0 Å². The summed E-state index contributed by atoms with van der Waals surface area (Å²) in [5.74, 6) is 0.707. The quantitative estimate of drug-likeness (QED) is 0.760. The van der Waals surface area contributed by atoms with E-state index in [-0.39, 0.29) is 12.1 Å². The molecule has 0 bridgehead atoms. The Morgan fingerprint density at radius 2 is 1.79 bits per heavy atom. The molecule has 0 radical (unpaired) electrons. The standard InChI is InChI=1S/C20H23NO3/c1-21(2)13-14-23-20(22)12-11-19-17-8-4-3-7-15(17)16-9-5-6-10-18(16)24-19/h3-10,19H,11-14H2,1-2H3. The molecule has 4 heteroatoms. The number of esters is 1. The summed E-state index contributed by atoms with van der Waals surface area (Å²) in [5.41, 5.74) is 3.43. The van der Waals surface area contributed by atoms with Gasteiger partial charge in [0.15, 0.2) is 0 Å². The van der Waals surface area contributed by atoms with Crippen molar-refractivity contribution in [2.45, 2.75) is 18.9 Å². The molecule has 0 spiro atoms. The van der Waals surface area contributed by atoms with Gasteiger partial charge < -0.3 is 14.4 Å². The highest BCUT2D eigenvalue weighted by molar-refractivity contribution is 5.76. The molecule has 2 aromatic rings. The minimum atomic E-state index is -0.170. The number of carbonyl (C=O) groups excluding carboxylic acids is 1. The second kappa shape index (κ2) is 7.49. The maximum atomic E-state index is 11.9. The number of hydrogen-bond acceptors (Lipinski definition) is 4. The molecule has 1 atom stereocenters. The lowest BCUT2D eigenvalue weighted by Crippen LogP contribution is -2.21. The second-order valence-corrected chi connectivity index (χ2v) is 6.25. The van der Waals surface area contributed by atoms with Crippen LogP contribution in [-0.2, 0) is 9.53 Å². The molecule has 0 saturated heterocycles. The average Bonchev–Trinajstić information content (AvgIpc) is 2.59. The van der Waals surface area contributed by atoms with Gasteiger partial charge in [-0.25, -0.2) is 0 Å². The summed E-state index contributed by atoms with van der Waals surface area (Å²) in [6.07, 6.45) is 0.860. The molecule has 1 aliphatic rings. The lowest BCUT2D eigenvalue weighted by atomic mass is 9.91. The van der Waals surface area contributed by atoms with E-state index in [1.807, 2.05) is 49.3 Å². The number of carbonyl (C=O) groups is 1. The average molecular weight is 325 g/mol. The lowest BCUT2D eigenvalue weighted by Gasteiger charge is -2.28.